The van der Waals surface area contributed by atoms with Gasteiger partial charge in [0.15, 0.2) is 5.16 Å². The van der Waals surface area contributed by atoms with Crippen LogP contribution < -0.4 is 4.89 Å². The normalized spacial score (nSPS) is 13.6. The first kappa shape index (κ1) is 9.06. The zero-order valence-electron chi connectivity index (χ0n) is 6.18. The zero-order valence-corrected chi connectivity index (χ0v) is 7.07. The molecule has 0 amide bonds. The lowest BCUT2D eigenvalue weighted by molar-refractivity contribution is -0.169. The van der Waals surface area contributed by atoms with Crippen molar-refractivity contribution in [3.8, 4) is 0 Å². The Morgan fingerprint density at radius 2 is 1.78 bits per heavy atom. The van der Waals surface area contributed by atoms with Crippen LogP contribution >= 0.6 is 8.03 Å². The van der Waals surface area contributed by atoms with Crippen LogP contribution in [0, 0.1) is 0 Å². The fraction of sp³-hybridized carbons (Fsp3) is 1.00. The topological polar surface area (TPSA) is 40.1 Å². The minimum absolute atomic E-state index is 0.463. The van der Waals surface area contributed by atoms with E-state index in [1.54, 1.807) is 6.92 Å². The SMILES string of the molecule is CCC(C)(CC)[P+](=O)[O-]. The average Bonchev–Trinajstić information content (AvgIpc) is 1.86. The van der Waals surface area contributed by atoms with Crippen LogP contribution in [0.3, 0.4) is 0 Å². The van der Waals surface area contributed by atoms with Crippen LogP contribution in [0.25, 0.3) is 0 Å². The predicted octanol–water partition coefficient (Wildman–Crippen LogP) is 1.67. The smallest absolute Gasteiger partial charge is 0.314 e. The minimum Gasteiger partial charge on any atom is -0.595 e. The largest absolute Gasteiger partial charge is 0.595 e. The van der Waals surface area contributed by atoms with Gasteiger partial charge in [-0.15, -0.1) is 0 Å². The monoisotopic (exact) mass is 148 g/mol. The van der Waals surface area contributed by atoms with Gasteiger partial charge in [0, 0.05) is 0 Å². The Bertz CT molecular complexity index is 108. The van der Waals surface area contributed by atoms with E-state index in [1.807, 2.05) is 13.8 Å². The van der Waals surface area contributed by atoms with Crippen molar-refractivity contribution in [2.24, 2.45) is 0 Å². The first-order valence-corrected chi connectivity index (χ1v) is 4.39. The van der Waals surface area contributed by atoms with Crippen LogP contribution in [-0.2, 0) is 4.57 Å². The van der Waals surface area contributed by atoms with E-state index in [2.05, 4.69) is 0 Å². The summed E-state index contributed by atoms with van der Waals surface area (Å²) in [6, 6.07) is 0. The molecule has 0 aromatic rings. The first-order chi connectivity index (χ1) is 4.06. The van der Waals surface area contributed by atoms with Crippen LogP contribution in [0.4, 0.5) is 0 Å². The molecule has 1 atom stereocenters. The van der Waals surface area contributed by atoms with Gasteiger partial charge in [0.1, 0.15) is 0 Å². The highest BCUT2D eigenvalue weighted by Gasteiger charge is 2.33. The maximum absolute atomic E-state index is 10.5. The zero-order chi connectivity index (χ0) is 7.49. The second-order valence-corrected chi connectivity index (χ2v) is 4.06. The second-order valence-electron chi connectivity index (χ2n) is 2.46. The Kier molecular flexibility index (Phi) is 3.31. The van der Waals surface area contributed by atoms with Crippen molar-refractivity contribution in [3.05, 3.63) is 0 Å². The quantitative estimate of drug-likeness (QED) is 0.571. The Morgan fingerprint density at radius 1 is 1.44 bits per heavy atom. The molecule has 54 valence electrons. The Morgan fingerprint density at radius 3 is 1.78 bits per heavy atom. The van der Waals surface area contributed by atoms with Crippen LogP contribution in [0.2, 0.25) is 0 Å². The molecule has 0 aliphatic heterocycles. The van der Waals surface area contributed by atoms with Crippen molar-refractivity contribution in [2.45, 2.75) is 38.8 Å². The maximum Gasteiger partial charge on any atom is 0.314 e. The van der Waals surface area contributed by atoms with E-state index in [4.69, 9.17) is 0 Å². The lowest BCUT2D eigenvalue weighted by Gasteiger charge is -2.15. The van der Waals surface area contributed by atoms with Gasteiger partial charge in [-0.05, 0) is 19.8 Å². The third-order valence-corrected chi connectivity index (χ3v) is 3.48. The van der Waals surface area contributed by atoms with Crippen LogP contribution in [-0.4, -0.2) is 5.16 Å². The van der Waals surface area contributed by atoms with Gasteiger partial charge in [-0.25, -0.2) is 0 Å². The van der Waals surface area contributed by atoms with Gasteiger partial charge in [0.25, 0.3) is 0 Å². The lowest BCUT2D eigenvalue weighted by Crippen LogP contribution is -2.21. The van der Waals surface area contributed by atoms with Crippen molar-refractivity contribution in [2.75, 3.05) is 0 Å². The Hall–Kier alpha value is 0.0600. The van der Waals surface area contributed by atoms with Gasteiger partial charge in [0.2, 0.25) is 0 Å². The van der Waals surface area contributed by atoms with Gasteiger partial charge in [-0.2, -0.15) is 0 Å². The van der Waals surface area contributed by atoms with Gasteiger partial charge in [-0.1, -0.05) is 18.4 Å². The van der Waals surface area contributed by atoms with Gasteiger partial charge in [0.05, 0.1) is 0 Å². The summed E-state index contributed by atoms with van der Waals surface area (Å²) >= 11 is 0. The summed E-state index contributed by atoms with van der Waals surface area (Å²) in [5, 5.41) is -0.463. The van der Waals surface area contributed by atoms with E-state index >= 15 is 0 Å². The summed E-state index contributed by atoms with van der Waals surface area (Å²) < 4.78 is 10.5. The van der Waals surface area contributed by atoms with E-state index in [0.29, 0.717) is 12.8 Å². The second kappa shape index (κ2) is 3.28. The van der Waals surface area contributed by atoms with Crippen molar-refractivity contribution < 1.29 is 9.46 Å². The highest BCUT2D eigenvalue weighted by molar-refractivity contribution is 7.38. The molecular weight excluding hydrogens is 135 g/mol. The van der Waals surface area contributed by atoms with Crippen LogP contribution in [0.1, 0.15) is 33.6 Å². The minimum atomic E-state index is -2.25. The summed E-state index contributed by atoms with van der Waals surface area (Å²) in [7, 11) is -2.25. The molecule has 0 aromatic carbocycles. The number of rotatable bonds is 3. The standard InChI is InChI=1S/C6H13O2P/c1-4-6(3,5-2)9(7)8/h4-5H2,1-3H3. The van der Waals surface area contributed by atoms with E-state index in [1.165, 1.54) is 0 Å². The molecule has 0 aliphatic rings. The van der Waals surface area contributed by atoms with E-state index in [-0.39, 0.29) is 0 Å². The predicted molar refractivity (Wildman–Crippen MR) is 36.6 cm³/mol. The molecule has 3 heteroatoms. The molecule has 2 nitrogen and oxygen atoms in total. The van der Waals surface area contributed by atoms with E-state index < -0.39 is 13.2 Å². The van der Waals surface area contributed by atoms with Crippen LogP contribution in [0.5, 0.6) is 0 Å². The van der Waals surface area contributed by atoms with Crippen molar-refractivity contribution in [1.29, 1.82) is 0 Å². The highest BCUT2D eigenvalue weighted by atomic mass is 31.1. The van der Waals surface area contributed by atoms with E-state index in [9.17, 15) is 9.46 Å². The van der Waals surface area contributed by atoms with Crippen molar-refractivity contribution in [3.63, 3.8) is 0 Å². The van der Waals surface area contributed by atoms with Crippen molar-refractivity contribution in [1.82, 2.24) is 0 Å². The Labute approximate surface area is 57.1 Å². The molecule has 0 aromatic heterocycles. The number of hydrogen-bond acceptors (Lipinski definition) is 2. The van der Waals surface area contributed by atoms with Crippen molar-refractivity contribution >= 4 is 8.03 Å². The molecule has 0 radical (unpaired) electrons. The summed E-state index contributed by atoms with van der Waals surface area (Å²) in [4.78, 5) is 10.5. The molecule has 0 N–H and O–H groups in total. The third kappa shape index (κ3) is 2.04. The molecule has 0 bridgehead atoms. The maximum atomic E-state index is 10.5. The Balaban J connectivity index is 4.09. The van der Waals surface area contributed by atoms with E-state index in [0.717, 1.165) is 0 Å². The average molecular weight is 148 g/mol. The highest BCUT2D eigenvalue weighted by Crippen LogP contribution is 2.37. The van der Waals surface area contributed by atoms with Gasteiger partial charge >= 0.3 is 8.03 Å². The summed E-state index contributed by atoms with van der Waals surface area (Å²) in [6.07, 6.45) is 1.42. The molecule has 0 saturated heterocycles. The fourth-order valence-corrected chi connectivity index (χ4v) is 1.02. The molecule has 0 aliphatic carbocycles. The molecule has 0 fully saturated rings. The number of hydrogen-bond donors (Lipinski definition) is 0. The molecule has 1 unspecified atom stereocenters. The molecular formula is C6H13O2P. The fourth-order valence-electron chi connectivity index (χ4n) is 0.508. The lowest BCUT2D eigenvalue weighted by atomic mass is 10.1. The first-order valence-electron chi connectivity index (χ1n) is 3.21. The van der Waals surface area contributed by atoms with Gasteiger partial charge in [-0.3, -0.25) is 0 Å². The van der Waals surface area contributed by atoms with Crippen LogP contribution in [0.15, 0.2) is 0 Å². The molecule has 0 spiro atoms. The molecule has 9 heavy (non-hydrogen) atoms. The molecule has 0 saturated carbocycles. The summed E-state index contributed by atoms with van der Waals surface area (Å²) in [5.41, 5.74) is 0. The van der Waals surface area contributed by atoms with Gasteiger partial charge < -0.3 is 4.89 Å². The molecule has 0 heterocycles. The third-order valence-electron chi connectivity index (χ3n) is 1.96. The molecule has 0 rings (SSSR count). The summed E-state index contributed by atoms with van der Waals surface area (Å²) in [6.45, 7) is 5.57. The summed E-state index contributed by atoms with van der Waals surface area (Å²) in [5.74, 6) is 0.